The van der Waals surface area contributed by atoms with Crippen LogP contribution in [0.5, 0.6) is 5.75 Å². The molecule has 110 valence electrons. The Bertz CT molecular complexity index is 639. The van der Waals surface area contributed by atoms with Gasteiger partial charge >= 0.3 is 0 Å². The van der Waals surface area contributed by atoms with E-state index in [0.717, 1.165) is 6.42 Å². The van der Waals surface area contributed by atoms with Gasteiger partial charge in [-0.05, 0) is 55.7 Å². The monoisotopic (exact) mass is 286 g/mol. The second kappa shape index (κ2) is 6.53. The number of benzene rings is 2. The Morgan fingerprint density at radius 3 is 2.43 bits per heavy atom. The van der Waals surface area contributed by atoms with Crippen molar-refractivity contribution in [3.8, 4) is 5.75 Å². The zero-order chi connectivity index (χ0) is 15.4. The van der Waals surface area contributed by atoms with Crippen LogP contribution in [0.2, 0.25) is 0 Å². The van der Waals surface area contributed by atoms with Crippen molar-refractivity contribution in [2.75, 3.05) is 6.61 Å². The zero-order valence-electron chi connectivity index (χ0n) is 12.6. The van der Waals surface area contributed by atoms with E-state index in [4.69, 9.17) is 4.74 Å². The Labute approximate surface area is 124 Å². The molecule has 21 heavy (non-hydrogen) atoms. The van der Waals surface area contributed by atoms with Crippen LogP contribution in [0.1, 0.15) is 40.4 Å². The lowest BCUT2D eigenvalue weighted by Gasteiger charge is -2.11. The van der Waals surface area contributed by atoms with Gasteiger partial charge in [0.2, 0.25) is 0 Å². The highest BCUT2D eigenvalue weighted by Crippen LogP contribution is 2.22. The summed E-state index contributed by atoms with van der Waals surface area (Å²) in [5.41, 5.74) is 2.42. The van der Waals surface area contributed by atoms with Crippen LogP contribution in [-0.4, -0.2) is 12.4 Å². The molecule has 0 N–H and O–H groups in total. The third-order valence-corrected chi connectivity index (χ3v) is 3.29. The maximum atomic E-state index is 13.3. The van der Waals surface area contributed by atoms with Crippen LogP contribution in [0.3, 0.4) is 0 Å². The first kappa shape index (κ1) is 15.2. The fourth-order valence-electron chi connectivity index (χ4n) is 2.36. The highest BCUT2D eigenvalue weighted by atomic mass is 19.1. The fourth-order valence-corrected chi connectivity index (χ4v) is 2.36. The summed E-state index contributed by atoms with van der Waals surface area (Å²) in [5.74, 6) is 0.258. The summed E-state index contributed by atoms with van der Waals surface area (Å²) < 4.78 is 18.9. The summed E-state index contributed by atoms with van der Waals surface area (Å²) in [7, 11) is 0. The van der Waals surface area contributed by atoms with Crippen LogP contribution in [0.15, 0.2) is 36.4 Å². The van der Waals surface area contributed by atoms with Crippen molar-refractivity contribution in [2.45, 2.75) is 27.2 Å². The number of rotatable bonds is 5. The van der Waals surface area contributed by atoms with Gasteiger partial charge in [0.05, 0.1) is 6.61 Å². The molecule has 2 aromatic rings. The van der Waals surface area contributed by atoms with Crippen LogP contribution >= 0.6 is 0 Å². The molecule has 0 aliphatic carbocycles. The summed E-state index contributed by atoms with van der Waals surface area (Å²) in [5, 5.41) is 0. The first-order valence-electron chi connectivity index (χ1n) is 7.07. The van der Waals surface area contributed by atoms with E-state index in [-0.39, 0.29) is 11.6 Å². The number of carbonyl (C=O) groups excluding carboxylic acids is 1. The van der Waals surface area contributed by atoms with E-state index in [1.54, 1.807) is 32.0 Å². The molecular weight excluding hydrogens is 267 g/mol. The second-order valence-electron chi connectivity index (χ2n) is 5.12. The molecule has 0 unspecified atom stereocenters. The Morgan fingerprint density at radius 1 is 1.14 bits per heavy atom. The zero-order valence-corrected chi connectivity index (χ0v) is 12.6. The van der Waals surface area contributed by atoms with E-state index in [1.165, 1.54) is 12.1 Å². The average molecular weight is 286 g/mol. The molecule has 0 bridgehead atoms. The molecule has 2 nitrogen and oxygen atoms in total. The Kier molecular flexibility index (Phi) is 4.73. The molecule has 0 saturated heterocycles. The molecule has 2 rings (SSSR count). The molecule has 0 aliphatic rings. The smallest absolute Gasteiger partial charge is 0.193 e. The van der Waals surface area contributed by atoms with Gasteiger partial charge in [0.1, 0.15) is 11.6 Å². The molecule has 0 heterocycles. The maximum absolute atomic E-state index is 13.3. The lowest BCUT2D eigenvalue weighted by molar-refractivity contribution is 0.103. The summed E-state index contributed by atoms with van der Waals surface area (Å²) in [6.45, 7) is 6.15. The number of ketones is 1. The van der Waals surface area contributed by atoms with Gasteiger partial charge in [0, 0.05) is 11.1 Å². The van der Waals surface area contributed by atoms with Crippen molar-refractivity contribution in [3.63, 3.8) is 0 Å². The van der Waals surface area contributed by atoms with Gasteiger partial charge < -0.3 is 4.74 Å². The molecule has 2 aromatic carbocycles. The number of aryl methyl sites for hydroxylation is 2. The predicted octanol–water partition coefficient (Wildman–Crippen LogP) is 4.46. The minimum atomic E-state index is -0.318. The van der Waals surface area contributed by atoms with E-state index < -0.39 is 0 Å². The number of ether oxygens (including phenoxy) is 1. The van der Waals surface area contributed by atoms with Gasteiger partial charge in [-0.2, -0.15) is 0 Å². The molecule has 0 spiro atoms. The SMILES string of the molecule is CCCOc1cccc(C(=O)c2c(C)cc(F)cc2C)c1. The Balaban J connectivity index is 2.36. The van der Waals surface area contributed by atoms with Crippen molar-refractivity contribution in [1.29, 1.82) is 0 Å². The Hall–Kier alpha value is -2.16. The summed E-state index contributed by atoms with van der Waals surface area (Å²) >= 11 is 0. The van der Waals surface area contributed by atoms with E-state index in [0.29, 0.717) is 34.6 Å². The van der Waals surface area contributed by atoms with E-state index in [1.807, 2.05) is 13.0 Å². The van der Waals surface area contributed by atoms with Gasteiger partial charge in [0.25, 0.3) is 0 Å². The normalized spacial score (nSPS) is 10.5. The molecule has 0 aliphatic heterocycles. The van der Waals surface area contributed by atoms with Gasteiger partial charge in [0.15, 0.2) is 5.78 Å². The molecule has 0 radical (unpaired) electrons. The lowest BCUT2D eigenvalue weighted by atomic mass is 9.94. The second-order valence-corrected chi connectivity index (χ2v) is 5.12. The fraction of sp³-hybridized carbons (Fsp3) is 0.278. The lowest BCUT2D eigenvalue weighted by Crippen LogP contribution is -2.07. The average Bonchev–Trinajstić information content (AvgIpc) is 2.44. The predicted molar refractivity (Wildman–Crippen MR) is 81.5 cm³/mol. The third-order valence-electron chi connectivity index (χ3n) is 3.29. The van der Waals surface area contributed by atoms with Gasteiger partial charge in [-0.1, -0.05) is 19.1 Å². The van der Waals surface area contributed by atoms with Crippen molar-refractivity contribution in [1.82, 2.24) is 0 Å². The van der Waals surface area contributed by atoms with Crippen LogP contribution in [0.4, 0.5) is 4.39 Å². The minimum Gasteiger partial charge on any atom is -0.494 e. The van der Waals surface area contributed by atoms with E-state index >= 15 is 0 Å². The first-order valence-corrected chi connectivity index (χ1v) is 7.07. The van der Waals surface area contributed by atoms with Crippen LogP contribution in [-0.2, 0) is 0 Å². The van der Waals surface area contributed by atoms with Crippen LogP contribution in [0.25, 0.3) is 0 Å². The molecule has 0 aromatic heterocycles. The van der Waals surface area contributed by atoms with E-state index in [2.05, 4.69) is 0 Å². The van der Waals surface area contributed by atoms with Crippen molar-refractivity contribution >= 4 is 5.78 Å². The molecular formula is C18H19FO2. The van der Waals surface area contributed by atoms with Crippen molar-refractivity contribution < 1.29 is 13.9 Å². The number of halogens is 1. The van der Waals surface area contributed by atoms with Gasteiger partial charge in [-0.25, -0.2) is 4.39 Å². The topological polar surface area (TPSA) is 26.3 Å². The highest BCUT2D eigenvalue weighted by molar-refractivity contribution is 6.11. The molecule has 0 amide bonds. The van der Waals surface area contributed by atoms with E-state index in [9.17, 15) is 9.18 Å². The number of hydrogen-bond acceptors (Lipinski definition) is 2. The summed E-state index contributed by atoms with van der Waals surface area (Å²) in [6.07, 6.45) is 0.911. The van der Waals surface area contributed by atoms with Gasteiger partial charge in [-0.15, -0.1) is 0 Å². The minimum absolute atomic E-state index is 0.105. The molecule has 0 atom stereocenters. The molecule has 3 heteroatoms. The maximum Gasteiger partial charge on any atom is 0.193 e. The summed E-state index contributed by atoms with van der Waals surface area (Å²) in [6, 6.07) is 9.89. The standard InChI is InChI=1S/C18H19FO2/c1-4-8-21-16-7-5-6-14(11-16)18(20)17-12(2)9-15(19)10-13(17)3/h5-7,9-11H,4,8H2,1-3H3. The van der Waals surface area contributed by atoms with Crippen molar-refractivity contribution in [2.24, 2.45) is 0 Å². The van der Waals surface area contributed by atoms with Gasteiger partial charge in [-0.3, -0.25) is 4.79 Å². The third kappa shape index (κ3) is 3.48. The Morgan fingerprint density at radius 2 is 1.81 bits per heavy atom. The van der Waals surface area contributed by atoms with Crippen LogP contribution in [0, 0.1) is 19.7 Å². The first-order chi connectivity index (χ1) is 10.0. The number of carbonyl (C=O) groups is 1. The highest BCUT2D eigenvalue weighted by Gasteiger charge is 2.16. The molecule has 0 fully saturated rings. The number of hydrogen-bond donors (Lipinski definition) is 0. The molecule has 0 saturated carbocycles. The summed E-state index contributed by atoms with van der Waals surface area (Å²) in [4.78, 5) is 12.6. The largest absolute Gasteiger partial charge is 0.494 e. The van der Waals surface area contributed by atoms with Crippen molar-refractivity contribution in [3.05, 3.63) is 64.5 Å². The van der Waals surface area contributed by atoms with Crippen LogP contribution < -0.4 is 4.74 Å². The quantitative estimate of drug-likeness (QED) is 0.758.